The van der Waals surface area contributed by atoms with Crippen LogP contribution < -0.4 is 0 Å². The molecular formula is C36H66O4. The van der Waals surface area contributed by atoms with Crippen molar-refractivity contribution in [1.29, 1.82) is 0 Å². The Morgan fingerprint density at radius 3 is 1.50 bits per heavy atom. The molecule has 0 amide bonds. The highest BCUT2D eigenvalue weighted by molar-refractivity contribution is 5.81. The second-order valence-corrected chi connectivity index (χ2v) is 15.1. The largest absolute Gasteiger partial charge is 0.465 e. The van der Waals surface area contributed by atoms with Gasteiger partial charge >= 0.3 is 5.97 Å². The van der Waals surface area contributed by atoms with Crippen LogP contribution >= 0.6 is 0 Å². The van der Waals surface area contributed by atoms with Crippen LogP contribution in [0.4, 0.5) is 0 Å². The van der Waals surface area contributed by atoms with Gasteiger partial charge in [-0.05, 0) is 42.2 Å². The van der Waals surface area contributed by atoms with Gasteiger partial charge in [-0.3, -0.25) is 4.79 Å². The van der Waals surface area contributed by atoms with Gasteiger partial charge in [-0.1, -0.05) is 157 Å². The van der Waals surface area contributed by atoms with Crippen molar-refractivity contribution in [3.8, 4) is 0 Å². The zero-order chi connectivity index (χ0) is 30.5. The van der Waals surface area contributed by atoms with E-state index in [4.69, 9.17) is 4.74 Å². The molecule has 234 valence electrons. The van der Waals surface area contributed by atoms with Gasteiger partial charge in [0.2, 0.25) is 0 Å². The number of carbonyl (C=O) groups is 1. The van der Waals surface area contributed by atoms with Crippen LogP contribution in [0.25, 0.3) is 0 Å². The summed E-state index contributed by atoms with van der Waals surface area (Å²) in [5, 5.41) is 22.4. The maximum atomic E-state index is 13.2. The van der Waals surface area contributed by atoms with Crippen molar-refractivity contribution in [3.05, 3.63) is 23.3 Å². The monoisotopic (exact) mass is 562 g/mol. The van der Waals surface area contributed by atoms with Crippen molar-refractivity contribution in [3.63, 3.8) is 0 Å². The highest BCUT2D eigenvalue weighted by Gasteiger charge is 2.50. The lowest BCUT2D eigenvalue weighted by Crippen LogP contribution is -2.50. The molecule has 0 aromatic heterocycles. The molecule has 0 aromatic carbocycles. The molecule has 0 heterocycles. The van der Waals surface area contributed by atoms with Crippen molar-refractivity contribution in [1.82, 2.24) is 0 Å². The van der Waals surface area contributed by atoms with E-state index in [1.807, 2.05) is 67.5 Å². The highest BCUT2D eigenvalue weighted by Crippen LogP contribution is 2.50. The lowest BCUT2D eigenvalue weighted by Gasteiger charge is -2.47. The third-order valence-corrected chi connectivity index (χ3v) is 8.68. The number of hydrogen-bond donors (Lipinski definition) is 2. The van der Waals surface area contributed by atoms with Gasteiger partial charge in [0.05, 0.1) is 12.0 Å². The maximum absolute atomic E-state index is 13.2. The Hall–Kier alpha value is -1.13. The quantitative estimate of drug-likeness (QED) is 0.0933. The van der Waals surface area contributed by atoms with E-state index in [9.17, 15) is 15.0 Å². The van der Waals surface area contributed by atoms with Crippen LogP contribution in [0.5, 0.6) is 0 Å². The summed E-state index contributed by atoms with van der Waals surface area (Å²) in [4.78, 5) is 13.2. The minimum atomic E-state index is -1.96. The van der Waals surface area contributed by atoms with Crippen LogP contribution in [-0.2, 0) is 9.53 Å². The Labute approximate surface area is 248 Å². The Morgan fingerprint density at radius 2 is 1.12 bits per heavy atom. The van der Waals surface area contributed by atoms with Crippen molar-refractivity contribution < 1.29 is 19.7 Å². The van der Waals surface area contributed by atoms with Crippen molar-refractivity contribution in [2.75, 3.05) is 6.61 Å². The molecular weight excluding hydrogens is 496 g/mol. The van der Waals surface area contributed by atoms with Gasteiger partial charge in [-0.15, -0.1) is 0 Å². The average molecular weight is 563 g/mol. The van der Waals surface area contributed by atoms with Crippen LogP contribution in [0.15, 0.2) is 23.3 Å². The number of ether oxygens (including phenoxy) is 1. The Morgan fingerprint density at radius 1 is 0.725 bits per heavy atom. The molecule has 40 heavy (non-hydrogen) atoms. The lowest BCUT2D eigenvalue weighted by molar-refractivity contribution is -0.189. The SMILES string of the molecule is CCCCCCCCCCCCCCCCCCOC(=O)C(C)(C)C1=CC(C(C)(C)C)C(O)(O)C(C(C)(C)C)=C1. The van der Waals surface area contributed by atoms with Crippen LogP contribution in [-0.4, -0.2) is 28.6 Å². The van der Waals surface area contributed by atoms with Gasteiger partial charge in [0.15, 0.2) is 5.79 Å². The van der Waals surface area contributed by atoms with Gasteiger partial charge in [0.1, 0.15) is 0 Å². The second-order valence-electron chi connectivity index (χ2n) is 15.1. The van der Waals surface area contributed by atoms with E-state index in [2.05, 4.69) is 6.92 Å². The minimum Gasteiger partial charge on any atom is -0.465 e. The standard InChI is InChI=1S/C36H66O4/c1-10-11-12-13-14-15-16-17-18-19-20-21-22-23-24-25-26-40-32(37)35(8,9)29-27-30(33(2,3)4)36(38,39)31(28-29)34(5,6)7/h27-28,30,38-39H,10-26H2,1-9H3. The summed E-state index contributed by atoms with van der Waals surface area (Å²) in [6, 6.07) is 0. The summed E-state index contributed by atoms with van der Waals surface area (Å²) >= 11 is 0. The Kier molecular flexibility index (Phi) is 15.8. The van der Waals surface area contributed by atoms with Gasteiger partial charge in [0.25, 0.3) is 0 Å². The van der Waals surface area contributed by atoms with Crippen LogP contribution in [0.2, 0.25) is 0 Å². The molecule has 0 fully saturated rings. The molecule has 1 atom stereocenters. The fourth-order valence-electron chi connectivity index (χ4n) is 5.90. The summed E-state index contributed by atoms with van der Waals surface area (Å²) in [5.74, 6) is -2.75. The Balaban J connectivity index is 2.36. The molecule has 0 aromatic rings. The van der Waals surface area contributed by atoms with E-state index in [1.54, 1.807) is 0 Å². The van der Waals surface area contributed by atoms with Gasteiger partial charge in [-0.2, -0.15) is 0 Å². The number of aliphatic hydroxyl groups is 2. The highest BCUT2D eigenvalue weighted by atomic mass is 16.5. The van der Waals surface area contributed by atoms with E-state index in [0.29, 0.717) is 12.2 Å². The molecule has 0 saturated heterocycles. The molecule has 1 unspecified atom stereocenters. The summed E-state index contributed by atoms with van der Waals surface area (Å²) in [6.45, 7) is 18.4. The van der Waals surface area contributed by atoms with Gasteiger partial charge in [0, 0.05) is 5.92 Å². The minimum absolute atomic E-state index is 0.250. The lowest BCUT2D eigenvalue weighted by atomic mass is 9.63. The van der Waals surface area contributed by atoms with E-state index >= 15 is 0 Å². The molecule has 0 bridgehead atoms. The van der Waals surface area contributed by atoms with Crippen LogP contribution in [0.3, 0.4) is 0 Å². The van der Waals surface area contributed by atoms with Gasteiger partial charge in [-0.25, -0.2) is 0 Å². The predicted molar refractivity (Wildman–Crippen MR) is 170 cm³/mol. The first-order valence-corrected chi connectivity index (χ1v) is 16.6. The zero-order valence-corrected chi connectivity index (χ0v) is 28.0. The fraction of sp³-hybridized carbons (Fsp3) is 0.861. The molecule has 2 N–H and O–H groups in total. The van der Waals surface area contributed by atoms with Crippen LogP contribution in [0.1, 0.15) is 165 Å². The first-order valence-electron chi connectivity index (χ1n) is 16.6. The summed E-state index contributed by atoms with van der Waals surface area (Å²) in [5.41, 5.74) is -0.386. The molecule has 0 aliphatic heterocycles. The topological polar surface area (TPSA) is 66.8 Å². The maximum Gasteiger partial charge on any atom is 0.315 e. The summed E-state index contributed by atoms with van der Waals surface area (Å²) in [6.07, 6.45) is 24.8. The number of rotatable bonds is 19. The number of unbranched alkanes of at least 4 members (excludes halogenated alkanes) is 15. The number of allylic oxidation sites excluding steroid dienone is 1. The third-order valence-electron chi connectivity index (χ3n) is 8.68. The zero-order valence-electron chi connectivity index (χ0n) is 28.0. The van der Waals surface area contributed by atoms with E-state index in [-0.39, 0.29) is 5.97 Å². The smallest absolute Gasteiger partial charge is 0.315 e. The molecule has 0 saturated carbocycles. The molecule has 4 nitrogen and oxygen atoms in total. The normalized spacial score (nSPS) is 17.9. The summed E-state index contributed by atoms with van der Waals surface area (Å²) in [7, 11) is 0. The molecule has 0 radical (unpaired) electrons. The van der Waals surface area contributed by atoms with E-state index < -0.39 is 27.9 Å². The predicted octanol–water partition coefficient (Wildman–Crippen LogP) is 10.1. The van der Waals surface area contributed by atoms with Crippen molar-refractivity contribution >= 4 is 5.97 Å². The average Bonchev–Trinajstić information content (AvgIpc) is 2.83. The molecule has 1 aliphatic carbocycles. The number of esters is 1. The van der Waals surface area contributed by atoms with E-state index in [1.165, 1.54) is 89.9 Å². The molecule has 0 spiro atoms. The van der Waals surface area contributed by atoms with Gasteiger partial charge < -0.3 is 14.9 Å². The third kappa shape index (κ3) is 12.4. The summed E-state index contributed by atoms with van der Waals surface area (Å²) < 4.78 is 5.74. The number of carbonyl (C=O) groups excluding carboxylic acids is 1. The van der Waals surface area contributed by atoms with Crippen molar-refractivity contribution in [2.45, 2.75) is 171 Å². The van der Waals surface area contributed by atoms with E-state index in [0.717, 1.165) is 18.4 Å². The number of hydrogen-bond acceptors (Lipinski definition) is 4. The Bertz CT molecular complexity index is 789. The molecule has 1 rings (SSSR count). The molecule has 4 heteroatoms. The first kappa shape index (κ1) is 36.9. The second kappa shape index (κ2) is 17.1. The van der Waals surface area contributed by atoms with Crippen molar-refractivity contribution in [2.24, 2.45) is 22.2 Å². The first-order chi connectivity index (χ1) is 18.6. The molecule has 1 aliphatic rings. The van der Waals surface area contributed by atoms with Crippen LogP contribution in [0, 0.1) is 22.2 Å². The fourth-order valence-corrected chi connectivity index (χ4v) is 5.90.